The number of rotatable bonds is 4. The van der Waals surface area contributed by atoms with Crippen molar-refractivity contribution in [2.75, 3.05) is 7.05 Å². The van der Waals surface area contributed by atoms with Gasteiger partial charge in [0.25, 0.3) is 0 Å². The van der Waals surface area contributed by atoms with Gasteiger partial charge in [0.1, 0.15) is 0 Å². The van der Waals surface area contributed by atoms with E-state index in [2.05, 4.69) is 73.1 Å². The number of halogens is 1. The molecule has 3 aromatic rings. The molecular formula is C15H16BrN5. The van der Waals surface area contributed by atoms with E-state index in [0.717, 1.165) is 10.3 Å². The summed E-state index contributed by atoms with van der Waals surface area (Å²) in [6, 6.07) is 13.0. The van der Waals surface area contributed by atoms with Crippen LogP contribution < -0.4 is 5.32 Å². The highest BCUT2D eigenvalue weighted by Gasteiger charge is 2.13. The van der Waals surface area contributed by atoms with Crippen molar-refractivity contribution < 1.29 is 0 Å². The summed E-state index contributed by atoms with van der Waals surface area (Å²) >= 11 is 3.50. The lowest BCUT2D eigenvalue weighted by Gasteiger charge is -2.15. The first kappa shape index (κ1) is 14.2. The zero-order valence-corrected chi connectivity index (χ0v) is 13.5. The van der Waals surface area contributed by atoms with Crippen LogP contribution in [-0.4, -0.2) is 27.3 Å². The molecule has 0 saturated heterocycles. The van der Waals surface area contributed by atoms with Crippen molar-refractivity contribution in [2.24, 2.45) is 7.05 Å². The van der Waals surface area contributed by atoms with Gasteiger partial charge in [0.15, 0.2) is 5.82 Å². The van der Waals surface area contributed by atoms with Crippen molar-refractivity contribution >= 4 is 26.7 Å². The van der Waals surface area contributed by atoms with E-state index in [0.29, 0.717) is 6.42 Å². The van der Waals surface area contributed by atoms with E-state index < -0.39 is 0 Å². The monoisotopic (exact) mass is 345 g/mol. The third kappa shape index (κ3) is 3.11. The van der Waals surface area contributed by atoms with Gasteiger partial charge in [-0.25, -0.2) is 0 Å². The molecule has 21 heavy (non-hydrogen) atoms. The standard InChI is InChI=1S/C15H16BrN5/c1-17-14(9-15-18-20-21(2)19-15)12-4-3-11-8-13(16)6-5-10(11)7-12/h3-8,14,17H,9H2,1-2H3. The van der Waals surface area contributed by atoms with Crippen molar-refractivity contribution in [3.05, 3.63) is 52.3 Å². The average molecular weight is 346 g/mol. The highest BCUT2D eigenvalue weighted by atomic mass is 79.9. The second-order valence-electron chi connectivity index (χ2n) is 4.99. The first-order valence-corrected chi connectivity index (χ1v) is 7.54. The maximum atomic E-state index is 4.25. The van der Waals surface area contributed by atoms with E-state index in [4.69, 9.17) is 0 Å². The summed E-state index contributed by atoms with van der Waals surface area (Å²) in [5, 5.41) is 18.0. The van der Waals surface area contributed by atoms with E-state index in [-0.39, 0.29) is 6.04 Å². The molecule has 0 radical (unpaired) electrons. The van der Waals surface area contributed by atoms with Crippen LogP contribution in [0.25, 0.3) is 10.8 Å². The fraction of sp³-hybridized carbons (Fsp3) is 0.267. The Bertz CT molecular complexity index is 768. The zero-order valence-electron chi connectivity index (χ0n) is 11.9. The Morgan fingerprint density at radius 3 is 2.67 bits per heavy atom. The van der Waals surface area contributed by atoms with Crippen molar-refractivity contribution in [1.29, 1.82) is 0 Å². The minimum atomic E-state index is 0.169. The van der Waals surface area contributed by atoms with Crippen LogP contribution in [0.5, 0.6) is 0 Å². The maximum Gasteiger partial charge on any atom is 0.176 e. The fourth-order valence-electron chi connectivity index (χ4n) is 2.43. The van der Waals surface area contributed by atoms with Crippen molar-refractivity contribution in [3.8, 4) is 0 Å². The van der Waals surface area contributed by atoms with E-state index >= 15 is 0 Å². The second kappa shape index (κ2) is 5.91. The van der Waals surface area contributed by atoms with Gasteiger partial charge in [0, 0.05) is 16.9 Å². The molecule has 108 valence electrons. The Kier molecular flexibility index (Phi) is 3.98. The largest absolute Gasteiger partial charge is 0.313 e. The number of nitrogens with one attached hydrogen (secondary N) is 1. The van der Waals surface area contributed by atoms with Gasteiger partial charge >= 0.3 is 0 Å². The number of fused-ring (bicyclic) bond motifs is 1. The molecule has 1 unspecified atom stereocenters. The van der Waals surface area contributed by atoms with Crippen LogP contribution in [0.15, 0.2) is 40.9 Å². The molecule has 0 spiro atoms. The third-order valence-corrected chi connectivity index (χ3v) is 4.01. The highest BCUT2D eigenvalue weighted by molar-refractivity contribution is 9.10. The number of hydrogen-bond acceptors (Lipinski definition) is 4. The summed E-state index contributed by atoms with van der Waals surface area (Å²) in [7, 11) is 3.73. The summed E-state index contributed by atoms with van der Waals surface area (Å²) < 4.78 is 1.09. The smallest absolute Gasteiger partial charge is 0.176 e. The predicted octanol–water partition coefficient (Wildman–Crippen LogP) is 2.63. The van der Waals surface area contributed by atoms with Crippen LogP contribution in [0.2, 0.25) is 0 Å². The molecule has 0 aliphatic heterocycles. The Morgan fingerprint density at radius 1 is 1.19 bits per heavy atom. The van der Waals surface area contributed by atoms with Gasteiger partial charge in [0.2, 0.25) is 0 Å². The summed E-state index contributed by atoms with van der Waals surface area (Å²) in [5.41, 5.74) is 1.22. The Balaban J connectivity index is 1.91. The minimum absolute atomic E-state index is 0.169. The predicted molar refractivity (Wildman–Crippen MR) is 86.0 cm³/mol. The van der Waals surface area contributed by atoms with E-state index in [1.54, 1.807) is 7.05 Å². The SMILES string of the molecule is CNC(Cc1nnn(C)n1)c1ccc2cc(Br)ccc2c1. The van der Waals surface area contributed by atoms with E-state index in [1.807, 2.05) is 7.05 Å². The van der Waals surface area contributed by atoms with Crippen LogP contribution in [0.4, 0.5) is 0 Å². The molecule has 6 heteroatoms. The number of aryl methyl sites for hydroxylation is 1. The fourth-order valence-corrected chi connectivity index (χ4v) is 2.80. The minimum Gasteiger partial charge on any atom is -0.313 e. The second-order valence-corrected chi connectivity index (χ2v) is 5.91. The molecule has 1 heterocycles. The number of benzene rings is 2. The van der Waals surface area contributed by atoms with Gasteiger partial charge in [-0.3, -0.25) is 0 Å². The van der Waals surface area contributed by atoms with Gasteiger partial charge < -0.3 is 5.32 Å². The molecule has 2 aromatic carbocycles. The Morgan fingerprint density at radius 2 is 1.95 bits per heavy atom. The maximum absolute atomic E-state index is 4.25. The molecule has 0 aliphatic carbocycles. The lowest BCUT2D eigenvalue weighted by atomic mass is 9.99. The molecule has 0 saturated carbocycles. The van der Waals surface area contributed by atoms with Gasteiger partial charge in [-0.15, -0.1) is 10.2 Å². The first-order chi connectivity index (χ1) is 10.2. The number of nitrogens with zero attached hydrogens (tertiary/aromatic N) is 4. The van der Waals surface area contributed by atoms with E-state index in [9.17, 15) is 0 Å². The summed E-state index contributed by atoms with van der Waals surface area (Å²) in [6.07, 6.45) is 0.715. The van der Waals surface area contributed by atoms with Crippen LogP contribution in [-0.2, 0) is 13.5 Å². The van der Waals surface area contributed by atoms with Crippen LogP contribution in [0.1, 0.15) is 17.4 Å². The zero-order chi connectivity index (χ0) is 14.8. The van der Waals surface area contributed by atoms with Crippen LogP contribution in [0.3, 0.4) is 0 Å². The Labute approximate surface area is 131 Å². The average Bonchev–Trinajstić information content (AvgIpc) is 2.89. The van der Waals surface area contributed by atoms with Gasteiger partial charge in [-0.05, 0) is 46.8 Å². The lowest BCUT2D eigenvalue weighted by Crippen LogP contribution is -2.19. The number of tetrazole rings is 1. The summed E-state index contributed by atoms with van der Waals surface area (Å²) in [4.78, 5) is 1.49. The molecule has 5 nitrogen and oxygen atoms in total. The number of aromatic nitrogens is 4. The normalized spacial score (nSPS) is 12.7. The Hall–Kier alpha value is -1.79. The first-order valence-electron chi connectivity index (χ1n) is 6.75. The molecule has 0 amide bonds. The summed E-state index contributed by atoms with van der Waals surface area (Å²) in [6.45, 7) is 0. The summed E-state index contributed by atoms with van der Waals surface area (Å²) in [5.74, 6) is 0.743. The third-order valence-electron chi connectivity index (χ3n) is 3.51. The molecule has 1 atom stereocenters. The van der Waals surface area contributed by atoms with Crippen molar-refractivity contribution in [2.45, 2.75) is 12.5 Å². The molecular weight excluding hydrogens is 330 g/mol. The van der Waals surface area contributed by atoms with E-state index in [1.165, 1.54) is 21.1 Å². The van der Waals surface area contributed by atoms with Crippen molar-refractivity contribution in [1.82, 2.24) is 25.5 Å². The van der Waals surface area contributed by atoms with Gasteiger partial charge in [0.05, 0.1) is 7.05 Å². The molecule has 1 N–H and O–H groups in total. The molecule has 1 aromatic heterocycles. The van der Waals surface area contributed by atoms with Crippen LogP contribution in [0, 0.1) is 0 Å². The molecule has 0 aliphatic rings. The van der Waals surface area contributed by atoms with Crippen LogP contribution >= 0.6 is 15.9 Å². The quantitative estimate of drug-likeness (QED) is 0.789. The lowest BCUT2D eigenvalue weighted by molar-refractivity contribution is 0.571. The molecule has 0 bridgehead atoms. The topological polar surface area (TPSA) is 55.6 Å². The number of hydrogen-bond donors (Lipinski definition) is 1. The molecule has 3 rings (SSSR count). The number of likely N-dealkylation sites (N-methyl/N-ethyl adjacent to an activating group) is 1. The molecule has 0 fully saturated rings. The van der Waals surface area contributed by atoms with Crippen molar-refractivity contribution in [3.63, 3.8) is 0 Å². The van der Waals surface area contributed by atoms with Gasteiger partial charge in [-0.2, -0.15) is 4.80 Å². The highest BCUT2D eigenvalue weighted by Crippen LogP contribution is 2.24. The van der Waals surface area contributed by atoms with Gasteiger partial charge in [-0.1, -0.05) is 34.1 Å².